The summed E-state index contributed by atoms with van der Waals surface area (Å²) >= 11 is 6.00. The highest BCUT2D eigenvalue weighted by atomic mass is 35.5. The summed E-state index contributed by atoms with van der Waals surface area (Å²) in [6, 6.07) is 5.76. The van der Waals surface area contributed by atoms with Crippen LogP contribution in [-0.4, -0.2) is 16.9 Å². The molecule has 14 heavy (non-hydrogen) atoms. The molecule has 0 bridgehead atoms. The molecule has 0 atom stereocenters. The number of aromatic nitrogens is 2. The fourth-order valence-electron chi connectivity index (χ4n) is 1.56. The van der Waals surface area contributed by atoms with Gasteiger partial charge in [0.2, 0.25) is 0 Å². The first-order valence-electron chi connectivity index (χ1n) is 4.47. The minimum Gasteiger partial charge on any atom is -0.494 e. The van der Waals surface area contributed by atoms with E-state index in [9.17, 15) is 0 Å². The third-order valence-corrected chi connectivity index (χ3v) is 2.49. The van der Waals surface area contributed by atoms with Crippen molar-refractivity contribution in [2.45, 2.75) is 13.5 Å². The smallest absolute Gasteiger partial charge is 0.159 e. The Labute approximate surface area is 87.2 Å². The van der Waals surface area contributed by atoms with Crippen molar-refractivity contribution in [3.05, 3.63) is 23.4 Å². The summed E-state index contributed by atoms with van der Waals surface area (Å²) < 4.78 is 7.11. The van der Waals surface area contributed by atoms with Crippen LogP contribution >= 0.6 is 11.6 Å². The Hall–Kier alpha value is -1.22. The lowest BCUT2D eigenvalue weighted by atomic mass is 10.2. The summed E-state index contributed by atoms with van der Waals surface area (Å²) in [5.41, 5.74) is 0.961. The molecule has 0 spiro atoms. The zero-order chi connectivity index (χ0) is 10.1. The van der Waals surface area contributed by atoms with E-state index in [4.69, 9.17) is 16.3 Å². The molecular formula is C10H11ClN2O. The van der Waals surface area contributed by atoms with Crippen molar-refractivity contribution in [1.82, 2.24) is 9.78 Å². The van der Waals surface area contributed by atoms with Crippen LogP contribution in [0.25, 0.3) is 10.9 Å². The topological polar surface area (TPSA) is 27.1 Å². The maximum Gasteiger partial charge on any atom is 0.159 e. The molecule has 0 saturated carbocycles. The maximum atomic E-state index is 6.00. The highest BCUT2D eigenvalue weighted by Crippen LogP contribution is 2.30. The number of halogens is 1. The molecule has 0 unspecified atom stereocenters. The van der Waals surface area contributed by atoms with Gasteiger partial charge in [-0.3, -0.25) is 4.68 Å². The molecule has 0 saturated heterocycles. The summed E-state index contributed by atoms with van der Waals surface area (Å²) in [4.78, 5) is 0. The molecule has 0 N–H and O–H groups in total. The molecule has 0 aliphatic heterocycles. The van der Waals surface area contributed by atoms with Gasteiger partial charge in [-0.1, -0.05) is 17.7 Å². The SMILES string of the molecule is CCn1nc(Cl)c2cccc(OC)c21. The van der Waals surface area contributed by atoms with Crippen LogP contribution in [0.5, 0.6) is 5.75 Å². The van der Waals surface area contributed by atoms with Gasteiger partial charge in [-0.25, -0.2) is 0 Å². The van der Waals surface area contributed by atoms with Gasteiger partial charge in [-0.05, 0) is 19.1 Å². The molecule has 74 valence electrons. The van der Waals surface area contributed by atoms with Crippen molar-refractivity contribution >= 4 is 22.5 Å². The number of methoxy groups -OCH3 is 1. The highest BCUT2D eigenvalue weighted by molar-refractivity contribution is 6.34. The lowest BCUT2D eigenvalue weighted by Crippen LogP contribution is -1.97. The average molecular weight is 211 g/mol. The first-order chi connectivity index (χ1) is 6.77. The quantitative estimate of drug-likeness (QED) is 0.762. The fraction of sp³-hybridized carbons (Fsp3) is 0.300. The van der Waals surface area contributed by atoms with Crippen molar-refractivity contribution in [3.63, 3.8) is 0 Å². The van der Waals surface area contributed by atoms with Crippen LogP contribution in [0.1, 0.15) is 6.92 Å². The predicted molar refractivity (Wildman–Crippen MR) is 57.0 cm³/mol. The first kappa shape index (κ1) is 9.34. The molecular weight excluding hydrogens is 200 g/mol. The van der Waals surface area contributed by atoms with E-state index in [0.29, 0.717) is 5.15 Å². The summed E-state index contributed by atoms with van der Waals surface area (Å²) in [6.07, 6.45) is 0. The Morgan fingerprint density at radius 3 is 2.93 bits per heavy atom. The van der Waals surface area contributed by atoms with Crippen LogP contribution in [0.15, 0.2) is 18.2 Å². The van der Waals surface area contributed by atoms with Gasteiger partial charge in [0.1, 0.15) is 11.3 Å². The van der Waals surface area contributed by atoms with E-state index in [1.165, 1.54) is 0 Å². The maximum absolute atomic E-state index is 6.00. The Kier molecular flexibility index (Phi) is 2.33. The van der Waals surface area contributed by atoms with Crippen LogP contribution < -0.4 is 4.74 Å². The van der Waals surface area contributed by atoms with Gasteiger partial charge in [0.15, 0.2) is 5.15 Å². The van der Waals surface area contributed by atoms with E-state index < -0.39 is 0 Å². The first-order valence-corrected chi connectivity index (χ1v) is 4.84. The molecule has 1 heterocycles. The molecule has 0 fully saturated rings. The van der Waals surface area contributed by atoms with Crippen LogP contribution in [0, 0.1) is 0 Å². The van der Waals surface area contributed by atoms with Gasteiger partial charge in [0.05, 0.1) is 7.11 Å². The summed E-state index contributed by atoms with van der Waals surface area (Å²) in [6.45, 7) is 2.80. The number of fused-ring (bicyclic) bond motifs is 1. The van der Waals surface area contributed by atoms with Gasteiger partial charge < -0.3 is 4.74 Å². The van der Waals surface area contributed by atoms with E-state index >= 15 is 0 Å². The molecule has 0 aliphatic carbocycles. The number of nitrogens with zero attached hydrogens (tertiary/aromatic N) is 2. The van der Waals surface area contributed by atoms with Gasteiger partial charge in [-0.15, -0.1) is 0 Å². The van der Waals surface area contributed by atoms with Crippen molar-refractivity contribution < 1.29 is 4.74 Å². The van der Waals surface area contributed by atoms with E-state index in [2.05, 4.69) is 5.10 Å². The van der Waals surface area contributed by atoms with Crippen molar-refractivity contribution in [3.8, 4) is 5.75 Å². The van der Waals surface area contributed by atoms with Crippen LogP contribution in [0.3, 0.4) is 0 Å². The second-order valence-corrected chi connectivity index (χ2v) is 3.32. The molecule has 1 aromatic carbocycles. The standard InChI is InChI=1S/C10H11ClN2O/c1-3-13-9-7(10(11)12-13)5-4-6-8(9)14-2/h4-6H,3H2,1-2H3. The Morgan fingerprint density at radius 2 is 2.29 bits per heavy atom. The Balaban J connectivity index is 2.82. The largest absolute Gasteiger partial charge is 0.494 e. The molecule has 2 aromatic rings. The molecule has 3 nitrogen and oxygen atoms in total. The normalized spacial score (nSPS) is 10.8. The van der Waals surface area contributed by atoms with Crippen molar-refractivity contribution in [2.75, 3.05) is 7.11 Å². The minimum absolute atomic E-state index is 0.528. The monoisotopic (exact) mass is 210 g/mol. The molecule has 1 aromatic heterocycles. The molecule has 0 amide bonds. The molecule has 0 radical (unpaired) electrons. The summed E-state index contributed by atoms with van der Waals surface area (Å²) in [5, 5.41) is 5.69. The van der Waals surface area contributed by atoms with Gasteiger partial charge in [-0.2, -0.15) is 5.10 Å². The number of hydrogen-bond donors (Lipinski definition) is 0. The van der Waals surface area contributed by atoms with Gasteiger partial charge >= 0.3 is 0 Å². The zero-order valence-corrected chi connectivity index (χ0v) is 8.88. The number of hydrogen-bond acceptors (Lipinski definition) is 2. The molecule has 2 rings (SSSR count). The average Bonchev–Trinajstić information content (AvgIpc) is 2.56. The Bertz CT molecular complexity index is 464. The number of ether oxygens (including phenoxy) is 1. The summed E-state index contributed by atoms with van der Waals surface area (Å²) in [5.74, 6) is 0.809. The molecule has 0 aliphatic rings. The third kappa shape index (κ3) is 1.24. The number of aryl methyl sites for hydroxylation is 1. The van der Waals surface area contributed by atoms with Crippen molar-refractivity contribution in [1.29, 1.82) is 0 Å². The second-order valence-electron chi connectivity index (χ2n) is 2.96. The minimum atomic E-state index is 0.528. The van der Waals surface area contributed by atoms with E-state index in [0.717, 1.165) is 23.2 Å². The zero-order valence-electron chi connectivity index (χ0n) is 8.12. The van der Waals surface area contributed by atoms with Crippen LogP contribution in [0.2, 0.25) is 5.15 Å². The van der Waals surface area contributed by atoms with E-state index in [1.807, 2.05) is 29.8 Å². The number of benzene rings is 1. The van der Waals surface area contributed by atoms with Crippen LogP contribution in [0.4, 0.5) is 0 Å². The highest BCUT2D eigenvalue weighted by Gasteiger charge is 2.11. The number of para-hydroxylation sites is 1. The van der Waals surface area contributed by atoms with Crippen LogP contribution in [-0.2, 0) is 6.54 Å². The number of rotatable bonds is 2. The molecule has 4 heteroatoms. The fourth-order valence-corrected chi connectivity index (χ4v) is 1.80. The lowest BCUT2D eigenvalue weighted by Gasteiger charge is -2.04. The Morgan fingerprint density at radius 1 is 1.50 bits per heavy atom. The van der Waals surface area contributed by atoms with Gasteiger partial charge in [0.25, 0.3) is 0 Å². The third-order valence-electron chi connectivity index (χ3n) is 2.21. The van der Waals surface area contributed by atoms with E-state index in [-0.39, 0.29) is 0 Å². The van der Waals surface area contributed by atoms with E-state index in [1.54, 1.807) is 7.11 Å². The van der Waals surface area contributed by atoms with Gasteiger partial charge in [0, 0.05) is 11.9 Å². The van der Waals surface area contributed by atoms with Crippen molar-refractivity contribution in [2.24, 2.45) is 0 Å². The predicted octanol–water partition coefficient (Wildman–Crippen LogP) is 2.72. The lowest BCUT2D eigenvalue weighted by molar-refractivity contribution is 0.416. The summed E-state index contributed by atoms with van der Waals surface area (Å²) in [7, 11) is 1.65. The second kappa shape index (κ2) is 3.50.